The Hall–Kier alpha value is -0.753. The fourth-order valence-electron chi connectivity index (χ4n) is 1.14. The molecule has 2 atom stereocenters. The van der Waals surface area contributed by atoms with Crippen molar-refractivity contribution in [1.29, 1.82) is 0 Å². The predicted molar refractivity (Wildman–Crippen MR) is 54.8 cm³/mol. The zero-order valence-corrected chi connectivity index (χ0v) is 9.68. The van der Waals surface area contributed by atoms with Crippen LogP contribution in [0.15, 0.2) is 0 Å². The third-order valence-corrected chi connectivity index (χ3v) is 2.75. The molecule has 0 radical (unpaired) electrons. The first kappa shape index (κ1) is 10.3. The van der Waals surface area contributed by atoms with Crippen molar-refractivity contribution < 1.29 is 9.53 Å². The molecule has 1 aliphatic rings. The van der Waals surface area contributed by atoms with Gasteiger partial charge in [-0.25, -0.2) is 0 Å². The predicted octanol–water partition coefficient (Wildman–Crippen LogP) is 1.82. The molecule has 72 valence electrons. The SMILES string of the molecule is C[C@H]1CC(=O)O[C@@H]1C#C[Si](C)(C)C. The Morgan fingerprint density at radius 1 is 1.46 bits per heavy atom. The first-order chi connectivity index (χ1) is 5.88. The Balaban J connectivity index is 2.63. The molecule has 0 N–H and O–H groups in total. The molecule has 1 fully saturated rings. The van der Waals surface area contributed by atoms with Crippen molar-refractivity contribution in [2.24, 2.45) is 5.92 Å². The van der Waals surface area contributed by atoms with Gasteiger partial charge >= 0.3 is 5.97 Å². The first-order valence-electron chi connectivity index (χ1n) is 4.61. The van der Waals surface area contributed by atoms with Gasteiger partial charge in [0.2, 0.25) is 0 Å². The summed E-state index contributed by atoms with van der Waals surface area (Å²) in [5.74, 6) is 3.22. The lowest BCUT2D eigenvalue weighted by Gasteiger charge is -2.08. The van der Waals surface area contributed by atoms with Gasteiger partial charge in [-0.2, -0.15) is 0 Å². The van der Waals surface area contributed by atoms with E-state index in [1.54, 1.807) is 0 Å². The number of carbonyl (C=O) groups excluding carboxylic acids is 1. The molecule has 2 nitrogen and oxygen atoms in total. The molecule has 3 heteroatoms. The van der Waals surface area contributed by atoms with Crippen molar-refractivity contribution in [2.75, 3.05) is 0 Å². The number of hydrogen-bond donors (Lipinski definition) is 0. The molecule has 0 aliphatic carbocycles. The Bertz CT molecular complexity index is 267. The second kappa shape index (κ2) is 3.55. The summed E-state index contributed by atoms with van der Waals surface area (Å²) >= 11 is 0. The summed E-state index contributed by atoms with van der Waals surface area (Å²) in [6, 6.07) is 0. The molecule has 1 rings (SSSR count). The lowest BCUT2D eigenvalue weighted by Crippen LogP contribution is -2.19. The number of carbonyl (C=O) groups is 1. The van der Waals surface area contributed by atoms with Gasteiger partial charge in [0.05, 0.1) is 6.42 Å². The first-order valence-corrected chi connectivity index (χ1v) is 8.11. The summed E-state index contributed by atoms with van der Waals surface area (Å²) in [6.07, 6.45) is 0.365. The number of esters is 1. The van der Waals surface area contributed by atoms with E-state index in [0.717, 1.165) is 0 Å². The van der Waals surface area contributed by atoms with E-state index in [2.05, 4.69) is 31.1 Å². The van der Waals surface area contributed by atoms with Crippen molar-refractivity contribution in [3.05, 3.63) is 0 Å². The molecule has 1 aliphatic heterocycles. The van der Waals surface area contributed by atoms with Gasteiger partial charge < -0.3 is 4.74 Å². The Morgan fingerprint density at radius 2 is 2.08 bits per heavy atom. The van der Waals surface area contributed by atoms with Crippen LogP contribution in [0, 0.1) is 17.4 Å². The highest BCUT2D eigenvalue weighted by molar-refractivity contribution is 6.83. The van der Waals surface area contributed by atoms with Crippen LogP contribution in [0.5, 0.6) is 0 Å². The van der Waals surface area contributed by atoms with Crippen LogP contribution in [0.25, 0.3) is 0 Å². The topological polar surface area (TPSA) is 26.3 Å². The minimum absolute atomic E-state index is 0.109. The fourth-order valence-corrected chi connectivity index (χ4v) is 1.71. The van der Waals surface area contributed by atoms with Crippen LogP contribution < -0.4 is 0 Å². The summed E-state index contributed by atoms with van der Waals surface area (Å²) in [5, 5.41) is 0. The molecule has 0 amide bonds. The molecule has 0 aromatic carbocycles. The lowest BCUT2D eigenvalue weighted by molar-refractivity contribution is -0.139. The molecular weight excluding hydrogens is 180 g/mol. The minimum Gasteiger partial charge on any atom is -0.449 e. The maximum Gasteiger partial charge on any atom is 0.307 e. The van der Waals surface area contributed by atoms with Crippen LogP contribution in [0.4, 0.5) is 0 Å². The smallest absolute Gasteiger partial charge is 0.307 e. The Labute approximate surface area is 80.7 Å². The Morgan fingerprint density at radius 3 is 2.46 bits per heavy atom. The molecular formula is C10H16O2Si. The van der Waals surface area contributed by atoms with Crippen LogP contribution in [-0.2, 0) is 9.53 Å². The maximum absolute atomic E-state index is 10.9. The number of ether oxygens (including phenoxy) is 1. The van der Waals surface area contributed by atoms with Crippen molar-refractivity contribution in [3.8, 4) is 11.5 Å². The zero-order valence-electron chi connectivity index (χ0n) is 8.68. The molecule has 13 heavy (non-hydrogen) atoms. The molecule has 0 aromatic heterocycles. The van der Waals surface area contributed by atoms with Crippen molar-refractivity contribution in [1.82, 2.24) is 0 Å². The van der Waals surface area contributed by atoms with Crippen LogP contribution >= 0.6 is 0 Å². The maximum atomic E-state index is 10.9. The van der Waals surface area contributed by atoms with E-state index in [0.29, 0.717) is 6.42 Å². The minimum atomic E-state index is -1.33. The van der Waals surface area contributed by atoms with Gasteiger partial charge in [-0.05, 0) is 0 Å². The molecule has 1 saturated heterocycles. The Kier molecular flexibility index (Phi) is 2.82. The summed E-state index contributed by atoms with van der Waals surface area (Å²) in [7, 11) is -1.33. The molecule has 0 saturated carbocycles. The standard InChI is InChI=1S/C10H16O2Si/c1-8-7-10(11)12-9(8)5-6-13(2,3)4/h8-9H,7H2,1-4H3/t8-,9+/m0/s1. The number of cyclic esters (lactones) is 1. The van der Waals surface area contributed by atoms with E-state index >= 15 is 0 Å². The number of hydrogen-bond acceptors (Lipinski definition) is 2. The van der Waals surface area contributed by atoms with E-state index in [9.17, 15) is 4.79 Å². The molecule has 0 bridgehead atoms. The summed E-state index contributed by atoms with van der Waals surface area (Å²) in [6.45, 7) is 8.55. The van der Waals surface area contributed by atoms with Crippen LogP contribution in [0.3, 0.4) is 0 Å². The highest BCUT2D eigenvalue weighted by atomic mass is 28.3. The van der Waals surface area contributed by atoms with E-state index in [-0.39, 0.29) is 18.0 Å². The van der Waals surface area contributed by atoms with E-state index in [1.807, 2.05) is 6.92 Å². The van der Waals surface area contributed by atoms with Crippen LogP contribution in [0.1, 0.15) is 13.3 Å². The van der Waals surface area contributed by atoms with Gasteiger partial charge in [-0.1, -0.05) is 32.5 Å². The molecule has 0 unspecified atom stereocenters. The monoisotopic (exact) mass is 196 g/mol. The summed E-state index contributed by atoms with van der Waals surface area (Å²) < 4.78 is 5.08. The quantitative estimate of drug-likeness (QED) is 0.335. The van der Waals surface area contributed by atoms with Crippen molar-refractivity contribution in [3.63, 3.8) is 0 Å². The average molecular weight is 196 g/mol. The van der Waals surface area contributed by atoms with Crippen molar-refractivity contribution in [2.45, 2.75) is 39.1 Å². The third-order valence-electron chi connectivity index (χ3n) is 1.85. The van der Waals surface area contributed by atoms with Gasteiger partial charge in [0.1, 0.15) is 8.07 Å². The fraction of sp³-hybridized carbons (Fsp3) is 0.700. The normalized spacial score (nSPS) is 27.8. The van der Waals surface area contributed by atoms with E-state index in [1.165, 1.54) is 0 Å². The number of rotatable bonds is 0. The van der Waals surface area contributed by atoms with Gasteiger partial charge in [0.25, 0.3) is 0 Å². The average Bonchev–Trinajstić information content (AvgIpc) is 2.24. The van der Waals surface area contributed by atoms with Crippen LogP contribution in [0.2, 0.25) is 19.6 Å². The molecule has 0 spiro atoms. The lowest BCUT2D eigenvalue weighted by atomic mass is 10.1. The largest absolute Gasteiger partial charge is 0.449 e. The van der Waals surface area contributed by atoms with Crippen molar-refractivity contribution >= 4 is 14.0 Å². The highest BCUT2D eigenvalue weighted by Gasteiger charge is 2.29. The summed E-state index contributed by atoms with van der Waals surface area (Å²) in [5.41, 5.74) is 3.23. The second-order valence-corrected chi connectivity index (χ2v) is 9.36. The zero-order chi connectivity index (χ0) is 10.1. The van der Waals surface area contributed by atoms with Gasteiger partial charge in [-0.15, -0.1) is 5.54 Å². The van der Waals surface area contributed by atoms with Gasteiger partial charge in [0, 0.05) is 5.92 Å². The van der Waals surface area contributed by atoms with Gasteiger partial charge in [0.15, 0.2) is 6.10 Å². The van der Waals surface area contributed by atoms with Gasteiger partial charge in [-0.3, -0.25) is 4.79 Å². The highest BCUT2D eigenvalue weighted by Crippen LogP contribution is 2.20. The van der Waals surface area contributed by atoms with E-state index in [4.69, 9.17) is 4.74 Å². The molecule has 1 heterocycles. The third kappa shape index (κ3) is 3.23. The van der Waals surface area contributed by atoms with Crippen LogP contribution in [-0.4, -0.2) is 20.1 Å². The second-order valence-electron chi connectivity index (χ2n) is 4.61. The van der Waals surface area contributed by atoms with E-state index < -0.39 is 8.07 Å². The molecule has 0 aromatic rings. The summed E-state index contributed by atoms with van der Waals surface area (Å²) in [4.78, 5) is 10.9.